The van der Waals surface area contributed by atoms with Crippen molar-refractivity contribution in [3.05, 3.63) is 40.4 Å². The fourth-order valence-corrected chi connectivity index (χ4v) is 3.53. The van der Waals surface area contributed by atoms with Crippen molar-refractivity contribution in [2.45, 2.75) is 39.0 Å². The molecule has 0 saturated carbocycles. The van der Waals surface area contributed by atoms with Gasteiger partial charge in [-0.2, -0.15) is 0 Å². The predicted molar refractivity (Wildman–Crippen MR) is 106 cm³/mol. The van der Waals surface area contributed by atoms with E-state index in [2.05, 4.69) is 16.7 Å². The molecule has 0 radical (unpaired) electrons. The number of nitro benzene ring substituents is 1. The van der Waals surface area contributed by atoms with E-state index >= 15 is 0 Å². The van der Waals surface area contributed by atoms with E-state index in [1.54, 1.807) is 12.1 Å². The molecule has 0 atom stereocenters. The number of rotatable bonds is 8. The van der Waals surface area contributed by atoms with Crippen molar-refractivity contribution in [1.29, 1.82) is 0 Å². The van der Waals surface area contributed by atoms with Crippen LogP contribution >= 0.6 is 0 Å². The van der Waals surface area contributed by atoms with Crippen molar-refractivity contribution >= 4 is 22.4 Å². The Bertz CT molecular complexity index is 742. The van der Waals surface area contributed by atoms with Crippen molar-refractivity contribution < 1.29 is 4.92 Å². The van der Waals surface area contributed by atoms with Gasteiger partial charge in [-0.3, -0.25) is 15.0 Å². The van der Waals surface area contributed by atoms with E-state index in [1.165, 1.54) is 44.7 Å². The SMILES string of the molecule is CCCCCCCN1CCN(c2ccc3cc([N+](=O)[O-])ccc3n2)CC1. The summed E-state index contributed by atoms with van der Waals surface area (Å²) in [5, 5.41) is 11.7. The van der Waals surface area contributed by atoms with Gasteiger partial charge in [0.15, 0.2) is 0 Å². The second kappa shape index (κ2) is 8.94. The smallest absolute Gasteiger partial charge is 0.270 e. The minimum absolute atomic E-state index is 0.111. The first-order chi connectivity index (χ1) is 12.7. The van der Waals surface area contributed by atoms with Gasteiger partial charge in [-0.1, -0.05) is 32.6 Å². The first-order valence-corrected chi connectivity index (χ1v) is 9.70. The summed E-state index contributed by atoms with van der Waals surface area (Å²) in [6.07, 6.45) is 6.64. The lowest BCUT2D eigenvalue weighted by Crippen LogP contribution is -2.46. The molecule has 1 aromatic carbocycles. The second-order valence-corrected chi connectivity index (χ2v) is 7.05. The second-order valence-electron chi connectivity index (χ2n) is 7.05. The highest BCUT2D eigenvalue weighted by Crippen LogP contribution is 2.23. The van der Waals surface area contributed by atoms with Crippen LogP contribution in [0, 0.1) is 10.1 Å². The highest BCUT2D eigenvalue weighted by molar-refractivity contribution is 5.82. The van der Waals surface area contributed by atoms with Crippen LogP contribution in [0.4, 0.5) is 11.5 Å². The molecule has 0 amide bonds. The summed E-state index contributed by atoms with van der Waals surface area (Å²) >= 11 is 0. The molecule has 26 heavy (non-hydrogen) atoms. The molecule has 0 bridgehead atoms. The molecule has 2 aromatic rings. The number of benzene rings is 1. The quantitative estimate of drug-likeness (QED) is 0.402. The Balaban J connectivity index is 1.54. The maximum absolute atomic E-state index is 10.9. The summed E-state index contributed by atoms with van der Waals surface area (Å²) in [6, 6.07) is 8.76. The Morgan fingerprint density at radius 1 is 1.04 bits per heavy atom. The third-order valence-electron chi connectivity index (χ3n) is 5.14. The van der Waals surface area contributed by atoms with Crippen LogP contribution in [0.25, 0.3) is 10.9 Å². The molecule has 1 saturated heterocycles. The predicted octanol–water partition coefficient (Wildman–Crippen LogP) is 4.24. The maximum Gasteiger partial charge on any atom is 0.270 e. The molecule has 0 N–H and O–H groups in total. The number of anilines is 1. The van der Waals surface area contributed by atoms with E-state index in [9.17, 15) is 10.1 Å². The largest absolute Gasteiger partial charge is 0.354 e. The van der Waals surface area contributed by atoms with Crippen molar-refractivity contribution in [3.63, 3.8) is 0 Å². The van der Waals surface area contributed by atoms with E-state index in [0.29, 0.717) is 0 Å². The first-order valence-electron chi connectivity index (χ1n) is 9.70. The molecule has 1 fully saturated rings. The standard InChI is InChI=1S/C20H28N4O2/c1-2-3-4-5-6-11-22-12-14-23(15-13-22)20-10-7-17-16-18(24(25)26)8-9-19(17)21-20/h7-10,16H,2-6,11-15H2,1H3. The molecule has 140 valence electrons. The zero-order valence-corrected chi connectivity index (χ0v) is 15.6. The van der Waals surface area contributed by atoms with Gasteiger partial charge in [-0.25, -0.2) is 4.98 Å². The molecular formula is C20H28N4O2. The van der Waals surface area contributed by atoms with Gasteiger partial charge in [0, 0.05) is 43.7 Å². The molecular weight excluding hydrogens is 328 g/mol. The Morgan fingerprint density at radius 2 is 1.81 bits per heavy atom. The molecule has 3 rings (SSSR count). The third-order valence-corrected chi connectivity index (χ3v) is 5.14. The number of nitrogens with zero attached hydrogens (tertiary/aromatic N) is 4. The highest BCUT2D eigenvalue weighted by Gasteiger charge is 2.18. The van der Waals surface area contributed by atoms with Crippen molar-refractivity contribution in [2.75, 3.05) is 37.6 Å². The molecule has 1 aliphatic rings. The summed E-state index contributed by atoms with van der Waals surface area (Å²) in [6.45, 7) is 7.58. The number of pyridine rings is 1. The van der Waals surface area contributed by atoms with Crippen LogP contribution in [0.5, 0.6) is 0 Å². The van der Waals surface area contributed by atoms with Gasteiger partial charge in [0.05, 0.1) is 10.4 Å². The zero-order chi connectivity index (χ0) is 18.4. The van der Waals surface area contributed by atoms with Gasteiger partial charge in [0.1, 0.15) is 5.82 Å². The van der Waals surface area contributed by atoms with Gasteiger partial charge in [-0.05, 0) is 31.2 Å². The lowest BCUT2D eigenvalue weighted by molar-refractivity contribution is -0.384. The fourth-order valence-electron chi connectivity index (χ4n) is 3.53. The average Bonchev–Trinajstić information content (AvgIpc) is 2.67. The van der Waals surface area contributed by atoms with Crippen molar-refractivity contribution in [1.82, 2.24) is 9.88 Å². The molecule has 0 aliphatic carbocycles. The fraction of sp³-hybridized carbons (Fsp3) is 0.550. The normalized spacial score (nSPS) is 15.5. The summed E-state index contributed by atoms with van der Waals surface area (Å²) < 4.78 is 0. The number of aromatic nitrogens is 1. The first kappa shape index (κ1) is 18.6. The molecule has 0 unspecified atom stereocenters. The van der Waals surface area contributed by atoms with Crippen LogP contribution in [0.15, 0.2) is 30.3 Å². The molecule has 1 aliphatic heterocycles. The summed E-state index contributed by atoms with van der Waals surface area (Å²) in [5.74, 6) is 0.967. The number of hydrogen-bond donors (Lipinski definition) is 0. The Morgan fingerprint density at radius 3 is 2.54 bits per heavy atom. The number of nitro groups is 1. The van der Waals surface area contributed by atoms with Crippen molar-refractivity contribution in [3.8, 4) is 0 Å². The van der Waals surface area contributed by atoms with Crippen LogP contribution in [0.3, 0.4) is 0 Å². The summed E-state index contributed by atoms with van der Waals surface area (Å²) in [7, 11) is 0. The van der Waals surface area contributed by atoms with Crippen LogP contribution in [-0.2, 0) is 0 Å². The van der Waals surface area contributed by atoms with E-state index < -0.39 is 0 Å². The number of piperazine rings is 1. The minimum atomic E-state index is -0.366. The summed E-state index contributed by atoms with van der Waals surface area (Å²) in [5.41, 5.74) is 0.922. The zero-order valence-electron chi connectivity index (χ0n) is 15.6. The van der Waals surface area contributed by atoms with Gasteiger partial charge >= 0.3 is 0 Å². The number of non-ortho nitro benzene ring substituents is 1. The number of hydrogen-bond acceptors (Lipinski definition) is 5. The van der Waals surface area contributed by atoms with E-state index in [1.807, 2.05) is 12.1 Å². The molecule has 1 aromatic heterocycles. The van der Waals surface area contributed by atoms with E-state index in [-0.39, 0.29) is 10.6 Å². The van der Waals surface area contributed by atoms with Crippen LogP contribution in [0.2, 0.25) is 0 Å². The Hall–Kier alpha value is -2.21. The highest BCUT2D eigenvalue weighted by atomic mass is 16.6. The minimum Gasteiger partial charge on any atom is -0.354 e. The Kier molecular flexibility index (Phi) is 6.39. The average molecular weight is 356 g/mol. The monoisotopic (exact) mass is 356 g/mol. The van der Waals surface area contributed by atoms with Gasteiger partial charge in [0.2, 0.25) is 0 Å². The number of fused-ring (bicyclic) bond motifs is 1. The van der Waals surface area contributed by atoms with Gasteiger partial charge in [0.25, 0.3) is 5.69 Å². The topological polar surface area (TPSA) is 62.5 Å². The van der Waals surface area contributed by atoms with E-state index in [0.717, 1.165) is 42.9 Å². The maximum atomic E-state index is 10.9. The van der Waals surface area contributed by atoms with E-state index in [4.69, 9.17) is 4.98 Å². The molecule has 6 heteroatoms. The van der Waals surface area contributed by atoms with Crippen LogP contribution in [0.1, 0.15) is 39.0 Å². The lowest BCUT2D eigenvalue weighted by atomic mass is 10.1. The van der Waals surface area contributed by atoms with Crippen molar-refractivity contribution in [2.24, 2.45) is 0 Å². The lowest BCUT2D eigenvalue weighted by Gasteiger charge is -2.35. The molecule has 6 nitrogen and oxygen atoms in total. The van der Waals surface area contributed by atoms with Crippen LogP contribution < -0.4 is 4.90 Å². The third kappa shape index (κ3) is 4.69. The van der Waals surface area contributed by atoms with Crippen LogP contribution in [-0.4, -0.2) is 47.5 Å². The molecule has 0 spiro atoms. The number of unbranched alkanes of at least 4 members (excludes halogenated alkanes) is 4. The molecule has 2 heterocycles. The van der Waals surface area contributed by atoms with Gasteiger partial charge in [-0.15, -0.1) is 0 Å². The summed E-state index contributed by atoms with van der Waals surface area (Å²) in [4.78, 5) is 20.1. The Labute approximate surface area is 155 Å². The van der Waals surface area contributed by atoms with Gasteiger partial charge < -0.3 is 4.90 Å².